The standard InChI is InChI=1S/C14H20N2O/c1-2-16(10-11-8-9-11)14(17)13(15)12-6-4-3-5-7-12/h3-7,11,13H,2,8-10,15H2,1H3. The highest BCUT2D eigenvalue weighted by atomic mass is 16.2. The first kappa shape index (κ1) is 12.1. The van der Waals surface area contributed by atoms with E-state index in [0.717, 1.165) is 18.7 Å². The monoisotopic (exact) mass is 232 g/mol. The van der Waals surface area contributed by atoms with Crippen LogP contribution in [-0.2, 0) is 4.79 Å². The first-order chi connectivity index (χ1) is 8.22. The minimum absolute atomic E-state index is 0.0469. The second kappa shape index (κ2) is 5.32. The highest BCUT2D eigenvalue weighted by molar-refractivity contribution is 5.83. The number of hydrogen-bond donors (Lipinski definition) is 1. The van der Waals surface area contributed by atoms with Crippen LogP contribution in [0.25, 0.3) is 0 Å². The van der Waals surface area contributed by atoms with E-state index in [9.17, 15) is 4.79 Å². The minimum atomic E-state index is -0.519. The van der Waals surface area contributed by atoms with Crippen LogP contribution >= 0.6 is 0 Å². The molecule has 0 bridgehead atoms. The number of hydrogen-bond acceptors (Lipinski definition) is 2. The van der Waals surface area contributed by atoms with Gasteiger partial charge < -0.3 is 10.6 Å². The Bertz CT molecular complexity index is 373. The molecule has 1 atom stereocenters. The van der Waals surface area contributed by atoms with Crippen LogP contribution in [0.4, 0.5) is 0 Å². The van der Waals surface area contributed by atoms with Crippen LogP contribution in [0.15, 0.2) is 30.3 Å². The molecule has 1 fully saturated rings. The van der Waals surface area contributed by atoms with Gasteiger partial charge in [0.25, 0.3) is 0 Å². The molecule has 0 spiro atoms. The Morgan fingerprint density at radius 2 is 2.06 bits per heavy atom. The number of carbonyl (C=O) groups is 1. The van der Waals surface area contributed by atoms with Crippen molar-refractivity contribution < 1.29 is 4.79 Å². The summed E-state index contributed by atoms with van der Waals surface area (Å²) in [5.41, 5.74) is 6.92. The van der Waals surface area contributed by atoms with Gasteiger partial charge in [0.05, 0.1) is 0 Å². The molecule has 0 radical (unpaired) electrons. The summed E-state index contributed by atoms with van der Waals surface area (Å²) in [5, 5.41) is 0. The zero-order valence-electron chi connectivity index (χ0n) is 10.3. The molecule has 0 heterocycles. The van der Waals surface area contributed by atoms with E-state index in [1.165, 1.54) is 12.8 Å². The first-order valence-electron chi connectivity index (χ1n) is 6.31. The van der Waals surface area contributed by atoms with Crippen molar-refractivity contribution in [3.8, 4) is 0 Å². The van der Waals surface area contributed by atoms with Crippen molar-refractivity contribution in [2.45, 2.75) is 25.8 Å². The fraction of sp³-hybridized carbons (Fsp3) is 0.500. The Morgan fingerprint density at radius 3 is 2.59 bits per heavy atom. The Morgan fingerprint density at radius 1 is 1.41 bits per heavy atom. The maximum absolute atomic E-state index is 12.2. The van der Waals surface area contributed by atoms with E-state index in [0.29, 0.717) is 5.92 Å². The van der Waals surface area contributed by atoms with Gasteiger partial charge in [0.1, 0.15) is 6.04 Å². The molecule has 1 aliphatic carbocycles. The molecule has 1 aliphatic rings. The number of likely N-dealkylation sites (N-methyl/N-ethyl adjacent to an activating group) is 1. The lowest BCUT2D eigenvalue weighted by Crippen LogP contribution is -2.39. The van der Waals surface area contributed by atoms with Crippen molar-refractivity contribution in [1.29, 1.82) is 0 Å². The number of benzene rings is 1. The zero-order valence-corrected chi connectivity index (χ0v) is 10.3. The van der Waals surface area contributed by atoms with E-state index in [1.807, 2.05) is 42.2 Å². The van der Waals surface area contributed by atoms with Gasteiger partial charge >= 0.3 is 0 Å². The smallest absolute Gasteiger partial charge is 0.244 e. The fourth-order valence-corrected chi connectivity index (χ4v) is 1.99. The van der Waals surface area contributed by atoms with Crippen molar-refractivity contribution >= 4 is 5.91 Å². The highest BCUT2D eigenvalue weighted by Crippen LogP contribution is 2.30. The lowest BCUT2D eigenvalue weighted by molar-refractivity contribution is -0.132. The third kappa shape index (κ3) is 3.07. The molecule has 0 aliphatic heterocycles. The number of nitrogens with zero attached hydrogens (tertiary/aromatic N) is 1. The summed E-state index contributed by atoms with van der Waals surface area (Å²) >= 11 is 0. The predicted molar refractivity (Wildman–Crippen MR) is 68.3 cm³/mol. The van der Waals surface area contributed by atoms with Crippen molar-refractivity contribution in [1.82, 2.24) is 4.90 Å². The van der Waals surface area contributed by atoms with Crippen molar-refractivity contribution in [2.75, 3.05) is 13.1 Å². The number of amides is 1. The molecule has 1 amide bonds. The van der Waals surface area contributed by atoms with Crippen LogP contribution in [0, 0.1) is 5.92 Å². The maximum atomic E-state index is 12.2. The zero-order chi connectivity index (χ0) is 12.3. The van der Waals surface area contributed by atoms with Crippen LogP contribution in [0.3, 0.4) is 0 Å². The molecule has 0 aromatic heterocycles. The van der Waals surface area contributed by atoms with E-state index in [2.05, 4.69) is 0 Å². The molecule has 3 heteroatoms. The summed E-state index contributed by atoms with van der Waals surface area (Å²) in [6.45, 7) is 3.63. The number of carbonyl (C=O) groups excluding carboxylic acids is 1. The number of rotatable bonds is 5. The molecule has 3 nitrogen and oxygen atoms in total. The maximum Gasteiger partial charge on any atom is 0.244 e. The third-order valence-electron chi connectivity index (χ3n) is 3.29. The molecular weight excluding hydrogens is 212 g/mol. The van der Waals surface area contributed by atoms with Gasteiger partial charge in [-0.2, -0.15) is 0 Å². The number of nitrogens with two attached hydrogens (primary N) is 1. The van der Waals surface area contributed by atoms with Crippen LogP contribution in [-0.4, -0.2) is 23.9 Å². The lowest BCUT2D eigenvalue weighted by atomic mass is 10.1. The lowest BCUT2D eigenvalue weighted by Gasteiger charge is -2.24. The Labute approximate surface area is 103 Å². The second-order valence-corrected chi connectivity index (χ2v) is 4.71. The van der Waals surface area contributed by atoms with Gasteiger partial charge in [0, 0.05) is 13.1 Å². The van der Waals surface area contributed by atoms with E-state index >= 15 is 0 Å². The molecule has 1 saturated carbocycles. The predicted octanol–water partition coefficient (Wildman–Crippen LogP) is 1.94. The largest absolute Gasteiger partial charge is 0.341 e. The summed E-state index contributed by atoms with van der Waals surface area (Å²) < 4.78 is 0. The molecule has 1 aromatic carbocycles. The van der Waals surface area contributed by atoms with Crippen LogP contribution < -0.4 is 5.73 Å². The Hall–Kier alpha value is -1.35. The van der Waals surface area contributed by atoms with Crippen LogP contribution in [0.5, 0.6) is 0 Å². The first-order valence-corrected chi connectivity index (χ1v) is 6.31. The molecule has 0 saturated heterocycles. The quantitative estimate of drug-likeness (QED) is 0.843. The van der Waals surface area contributed by atoms with Gasteiger partial charge in [0.15, 0.2) is 0 Å². The summed E-state index contributed by atoms with van der Waals surface area (Å²) in [5.74, 6) is 0.757. The SMILES string of the molecule is CCN(CC1CC1)C(=O)C(N)c1ccccc1. The normalized spacial score (nSPS) is 16.6. The van der Waals surface area contributed by atoms with Crippen molar-refractivity contribution in [3.63, 3.8) is 0 Å². The van der Waals surface area contributed by atoms with E-state index in [1.54, 1.807) is 0 Å². The molecule has 1 unspecified atom stereocenters. The van der Waals surface area contributed by atoms with Gasteiger partial charge in [-0.25, -0.2) is 0 Å². The molecule has 17 heavy (non-hydrogen) atoms. The summed E-state index contributed by atoms with van der Waals surface area (Å²) in [6, 6.07) is 9.07. The topological polar surface area (TPSA) is 46.3 Å². The minimum Gasteiger partial charge on any atom is -0.341 e. The average molecular weight is 232 g/mol. The molecule has 92 valence electrons. The molecule has 2 N–H and O–H groups in total. The highest BCUT2D eigenvalue weighted by Gasteiger charge is 2.28. The summed E-state index contributed by atoms with van der Waals surface area (Å²) in [4.78, 5) is 14.1. The van der Waals surface area contributed by atoms with Gasteiger partial charge in [-0.15, -0.1) is 0 Å². The summed E-state index contributed by atoms with van der Waals surface area (Å²) in [6.07, 6.45) is 2.51. The Kier molecular flexibility index (Phi) is 3.79. The van der Waals surface area contributed by atoms with Gasteiger partial charge in [0.2, 0.25) is 5.91 Å². The fourth-order valence-electron chi connectivity index (χ4n) is 1.99. The van der Waals surface area contributed by atoms with Gasteiger partial charge in [-0.05, 0) is 31.2 Å². The van der Waals surface area contributed by atoms with Crippen molar-refractivity contribution in [3.05, 3.63) is 35.9 Å². The molecule has 1 aromatic rings. The van der Waals surface area contributed by atoms with Gasteiger partial charge in [-0.1, -0.05) is 30.3 Å². The average Bonchev–Trinajstić information content (AvgIpc) is 3.19. The Balaban J connectivity index is 2.01. The second-order valence-electron chi connectivity index (χ2n) is 4.71. The molecular formula is C14H20N2O. The van der Waals surface area contributed by atoms with E-state index in [-0.39, 0.29) is 5.91 Å². The van der Waals surface area contributed by atoms with E-state index < -0.39 is 6.04 Å². The third-order valence-corrected chi connectivity index (χ3v) is 3.29. The van der Waals surface area contributed by atoms with E-state index in [4.69, 9.17) is 5.73 Å². The van der Waals surface area contributed by atoms with Crippen LogP contribution in [0.1, 0.15) is 31.4 Å². The van der Waals surface area contributed by atoms with Crippen LogP contribution in [0.2, 0.25) is 0 Å². The van der Waals surface area contributed by atoms with Crippen molar-refractivity contribution in [2.24, 2.45) is 11.7 Å². The van der Waals surface area contributed by atoms with Gasteiger partial charge in [-0.3, -0.25) is 4.79 Å². The summed E-state index contributed by atoms with van der Waals surface area (Å²) in [7, 11) is 0. The molecule has 2 rings (SSSR count).